The van der Waals surface area contributed by atoms with Gasteiger partial charge in [-0.3, -0.25) is 34.3 Å². The number of hydrogen-bond acceptors (Lipinski definition) is 11. The molecule has 0 radical (unpaired) electrons. The molecule has 0 bridgehead atoms. The Kier molecular flexibility index (Phi) is 12.5. The highest BCUT2D eigenvalue weighted by molar-refractivity contribution is 6.33. The number of carbonyl (C=O) groups excluding carboxylic acids is 4. The molecule has 0 aromatic heterocycles. The van der Waals surface area contributed by atoms with Crippen LogP contribution in [0.2, 0.25) is 5.02 Å². The number of benzene rings is 3. The van der Waals surface area contributed by atoms with Crippen molar-refractivity contribution in [1.29, 1.82) is 5.26 Å². The first-order valence-corrected chi connectivity index (χ1v) is 20.0. The van der Waals surface area contributed by atoms with E-state index < -0.39 is 23.4 Å². The van der Waals surface area contributed by atoms with Crippen LogP contribution in [-0.2, 0) is 23.9 Å². The third-order valence-corrected chi connectivity index (χ3v) is 12.3. The first-order chi connectivity index (χ1) is 28.4. The molecule has 1 spiro atoms. The van der Waals surface area contributed by atoms with Gasteiger partial charge in [0.25, 0.3) is 0 Å². The van der Waals surface area contributed by atoms with Crippen LogP contribution in [0.1, 0.15) is 67.6 Å². The number of carbonyl (C=O) groups is 4. The average molecular weight is 831 g/mol. The highest BCUT2D eigenvalue weighted by Gasteiger charge is 2.45. The molecule has 4 saturated heterocycles. The fourth-order valence-corrected chi connectivity index (χ4v) is 8.50. The van der Waals surface area contributed by atoms with Crippen molar-refractivity contribution in [2.45, 2.75) is 75.5 Å². The van der Waals surface area contributed by atoms with Crippen molar-refractivity contribution in [3.8, 4) is 17.6 Å². The van der Waals surface area contributed by atoms with Gasteiger partial charge in [0.1, 0.15) is 29.2 Å². The number of nitrogen functional groups attached to an aromatic ring is 1. The van der Waals surface area contributed by atoms with Gasteiger partial charge in [0.2, 0.25) is 24.1 Å². The zero-order valence-electron chi connectivity index (χ0n) is 32.5. The molecule has 14 nitrogen and oxygen atoms in total. The number of rotatable bonds is 11. The number of likely N-dealkylation sites (tertiary alicyclic amines) is 2. The Morgan fingerprint density at radius 1 is 1.14 bits per heavy atom. The van der Waals surface area contributed by atoms with Gasteiger partial charge in [-0.1, -0.05) is 17.7 Å². The fourth-order valence-electron chi connectivity index (χ4n) is 8.30. The summed E-state index contributed by atoms with van der Waals surface area (Å²) in [6.07, 6.45) is 5.98. The molecule has 4 heterocycles. The normalized spacial score (nSPS) is 21.0. The van der Waals surface area contributed by atoms with E-state index in [2.05, 4.69) is 20.5 Å². The summed E-state index contributed by atoms with van der Waals surface area (Å²) in [6, 6.07) is 11.4. The van der Waals surface area contributed by atoms with Crippen molar-refractivity contribution >= 4 is 59.1 Å². The second kappa shape index (κ2) is 17.7. The lowest BCUT2D eigenvalue weighted by atomic mass is 9.87. The molecule has 17 heteroatoms. The number of aliphatic imine (C=N–C) groups is 1. The molecular weight excluding hydrogens is 786 g/mol. The molecule has 0 saturated carbocycles. The van der Waals surface area contributed by atoms with Gasteiger partial charge in [0.05, 0.1) is 47.5 Å². The second-order valence-corrected chi connectivity index (χ2v) is 15.9. The largest absolute Gasteiger partial charge is 0.451 e. The second-order valence-electron chi connectivity index (χ2n) is 15.5. The van der Waals surface area contributed by atoms with Crippen LogP contribution in [0.4, 0.5) is 25.8 Å². The Labute approximate surface area is 345 Å². The highest BCUT2D eigenvalue weighted by atomic mass is 35.5. The molecule has 7 rings (SSSR count). The lowest BCUT2D eigenvalue weighted by Gasteiger charge is -2.40. The van der Waals surface area contributed by atoms with Crippen LogP contribution in [0.3, 0.4) is 0 Å². The molecule has 310 valence electrons. The number of nitrogens with zero attached hydrogens (tertiary/aromatic N) is 5. The number of nitrogens with one attached hydrogen (secondary N) is 2. The van der Waals surface area contributed by atoms with Gasteiger partial charge in [-0.05, 0) is 112 Å². The van der Waals surface area contributed by atoms with Crippen LogP contribution < -0.4 is 21.1 Å². The maximum absolute atomic E-state index is 15.2. The quantitative estimate of drug-likeness (QED) is 0.0730. The van der Waals surface area contributed by atoms with Crippen molar-refractivity contribution in [2.24, 2.45) is 4.99 Å². The topological polar surface area (TPSA) is 183 Å². The SMILES string of the molecule is Cc1c(N=CN(C=O)C2COC3(CCN(C(=O)CN4CCC(c5ccc(NC6CCC(=O)NC6=O)cc5F)CC4)CC3)C2)ccc(Oc2c(F)ccc(N)c2C#N)c1Cl. The number of ether oxygens (including phenoxy) is 2. The highest BCUT2D eigenvalue weighted by Crippen LogP contribution is 2.41. The lowest BCUT2D eigenvalue weighted by molar-refractivity contribution is -0.137. The minimum absolute atomic E-state index is 0.0126. The number of nitriles is 1. The van der Waals surface area contributed by atoms with E-state index in [1.165, 1.54) is 29.4 Å². The number of hydrogen-bond donors (Lipinski definition) is 3. The van der Waals surface area contributed by atoms with Gasteiger partial charge in [0, 0.05) is 25.2 Å². The first-order valence-electron chi connectivity index (χ1n) is 19.6. The monoisotopic (exact) mass is 830 g/mol. The van der Waals surface area contributed by atoms with Gasteiger partial charge >= 0.3 is 0 Å². The number of imide groups is 1. The molecule has 2 atom stereocenters. The third-order valence-electron chi connectivity index (χ3n) is 11.8. The molecule has 0 aliphatic carbocycles. The van der Waals surface area contributed by atoms with E-state index in [-0.39, 0.29) is 70.3 Å². The summed E-state index contributed by atoms with van der Waals surface area (Å²) in [5.41, 5.74) is 7.34. The van der Waals surface area contributed by atoms with E-state index in [4.69, 9.17) is 26.8 Å². The lowest BCUT2D eigenvalue weighted by Crippen LogP contribution is -2.50. The molecule has 3 aromatic carbocycles. The van der Waals surface area contributed by atoms with Crippen molar-refractivity contribution in [1.82, 2.24) is 20.0 Å². The molecule has 4 amide bonds. The van der Waals surface area contributed by atoms with E-state index in [1.807, 2.05) is 11.0 Å². The Balaban J connectivity index is 0.869. The maximum atomic E-state index is 15.2. The van der Waals surface area contributed by atoms with Crippen LogP contribution in [0.25, 0.3) is 0 Å². The molecule has 4 fully saturated rings. The molecule has 59 heavy (non-hydrogen) atoms. The van der Waals surface area contributed by atoms with E-state index in [9.17, 15) is 28.8 Å². The number of amides is 4. The molecule has 4 aliphatic rings. The Bertz CT molecular complexity index is 2200. The molecule has 2 unspecified atom stereocenters. The average Bonchev–Trinajstić information content (AvgIpc) is 3.63. The summed E-state index contributed by atoms with van der Waals surface area (Å²) in [5.74, 6) is -2.00. The number of halogens is 3. The predicted octanol–water partition coefficient (Wildman–Crippen LogP) is 5.54. The molecular formula is C42H45ClF2N8O6. The third kappa shape index (κ3) is 9.17. The van der Waals surface area contributed by atoms with Crippen molar-refractivity contribution in [3.05, 3.63) is 75.8 Å². The van der Waals surface area contributed by atoms with Gasteiger partial charge in [0.15, 0.2) is 11.6 Å². The predicted molar refractivity (Wildman–Crippen MR) is 215 cm³/mol. The summed E-state index contributed by atoms with van der Waals surface area (Å²) in [7, 11) is 0. The maximum Gasteiger partial charge on any atom is 0.249 e. The van der Waals surface area contributed by atoms with Crippen molar-refractivity contribution in [2.75, 3.05) is 50.4 Å². The van der Waals surface area contributed by atoms with E-state index >= 15 is 4.39 Å². The van der Waals surface area contributed by atoms with Crippen LogP contribution in [0, 0.1) is 29.9 Å². The Hall–Kier alpha value is -5.63. The summed E-state index contributed by atoms with van der Waals surface area (Å²) in [5, 5.41) is 14.9. The van der Waals surface area contributed by atoms with Crippen molar-refractivity contribution < 1.29 is 37.4 Å². The summed E-state index contributed by atoms with van der Waals surface area (Å²) in [6.45, 7) is 4.68. The summed E-state index contributed by atoms with van der Waals surface area (Å²) < 4.78 is 41.7. The van der Waals surface area contributed by atoms with Crippen LogP contribution in [0.15, 0.2) is 47.5 Å². The van der Waals surface area contributed by atoms with E-state index in [0.29, 0.717) is 100 Å². The van der Waals surface area contributed by atoms with Crippen LogP contribution >= 0.6 is 11.6 Å². The molecule has 3 aromatic rings. The molecule has 4 aliphatic heterocycles. The number of piperidine rings is 3. The van der Waals surface area contributed by atoms with Crippen LogP contribution in [-0.4, -0.2) is 102 Å². The fraction of sp³-hybridized carbons (Fsp3) is 0.429. The standard InChI is InChI=1S/C42H45ClF2N8O6/c1-25-34(6-8-36(39(25)43)59-40-30(20-46)33(47)5-4-31(40)44)48-23-53(24-54)28-19-42(58-22-28)12-16-52(17-13-42)38(56)21-51-14-10-26(11-15-51)29-3-2-27(18-32(29)45)49-35-7-9-37(55)50-41(35)57/h2-6,8,18,23-24,26,28,35,49H,7,9-17,19,21-22,47H2,1H3,(H,50,55,57). The van der Waals surface area contributed by atoms with Gasteiger partial charge < -0.3 is 25.4 Å². The Morgan fingerprint density at radius 2 is 1.90 bits per heavy atom. The van der Waals surface area contributed by atoms with Crippen molar-refractivity contribution in [3.63, 3.8) is 0 Å². The Morgan fingerprint density at radius 3 is 2.59 bits per heavy atom. The smallest absolute Gasteiger partial charge is 0.249 e. The minimum Gasteiger partial charge on any atom is -0.451 e. The summed E-state index contributed by atoms with van der Waals surface area (Å²) in [4.78, 5) is 59.1. The zero-order valence-corrected chi connectivity index (χ0v) is 33.3. The zero-order chi connectivity index (χ0) is 41.8. The number of nitrogens with two attached hydrogens (primary N) is 1. The van der Waals surface area contributed by atoms with E-state index in [0.717, 1.165) is 6.07 Å². The van der Waals surface area contributed by atoms with Gasteiger partial charge in [-0.25, -0.2) is 13.8 Å². The number of anilines is 2. The van der Waals surface area contributed by atoms with E-state index in [1.54, 1.807) is 25.1 Å². The minimum atomic E-state index is -0.765. The van der Waals surface area contributed by atoms with Gasteiger partial charge in [-0.15, -0.1) is 0 Å². The summed E-state index contributed by atoms with van der Waals surface area (Å²) >= 11 is 6.57. The van der Waals surface area contributed by atoms with Crippen LogP contribution in [0.5, 0.6) is 11.5 Å². The first kappa shape index (κ1) is 41.5. The molecule has 4 N–H and O–H groups in total. The van der Waals surface area contributed by atoms with Gasteiger partial charge in [-0.2, -0.15) is 5.26 Å².